The zero-order valence-corrected chi connectivity index (χ0v) is 18.7. The first-order chi connectivity index (χ1) is 14.6. The minimum absolute atomic E-state index is 0.00295. The van der Waals surface area contributed by atoms with Gasteiger partial charge in [0, 0.05) is 11.8 Å². The molecule has 1 unspecified atom stereocenters. The molecule has 2 N–H and O–H groups in total. The van der Waals surface area contributed by atoms with E-state index in [1.807, 2.05) is 13.0 Å². The van der Waals surface area contributed by atoms with Crippen LogP contribution in [0, 0.1) is 28.6 Å². The van der Waals surface area contributed by atoms with Crippen LogP contribution in [0.4, 0.5) is 4.79 Å². The fraction of sp³-hybridized carbons (Fsp3) is 0.792. The molecule has 0 saturated heterocycles. The second-order valence-corrected chi connectivity index (χ2v) is 10.6. The molecule has 31 heavy (non-hydrogen) atoms. The Balaban J connectivity index is 1.62. The molecule has 3 saturated carbocycles. The van der Waals surface area contributed by atoms with Crippen LogP contribution in [0.5, 0.6) is 0 Å². The molecular formula is C24H34O7. The highest BCUT2D eigenvalue weighted by molar-refractivity contribution is 5.91. The number of carbonyl (C=O) groups is 3. The number of ketones is 1. The Kier molecular flexibility index (Phi) is 5.48. The number of fused-ring (bicyclic) bond motifs is 5. The van der Waals surface area contributed by atoms with E-state index in [-0.39, 0.29) is 30.1 Å². The van der Waals surface area contributed by atoms with Gasteiger partial charge in [-0.1, -0.05) is 19.4 Å². The summed E-state index contributed by atoms with van der Waals surface area (Å²) in [5, 5.41) is 19.4. The standard InChI is InChI=1S/C24H34O7/c1-14(13-25)30-21(29)31-24(20(27)28)11-8-19-17-5-4-15-12-16(26)6-9-22(15,2)18(17)7-10-23(19,24)3/h12,14,17-19,25H,4-11,13H2,1-3H3,(H,27,28)/t14?,17-,18+,19+,22+,23+,24+/m1/s1. The Hall–Kier alpha value is -1.89. The first-order valence-electron chi connectivity index (χ1n) is 11.5. The van der Waals surface area contributed by atoms with Crippen LogP contribution >= 0.6 is 0 Å². The van der Waals surface area contributed by atoms with Crippen molar-refractivity contribution in [3.05, 3.63) is 11.6 Å². The molecule has 0 heterocycles. The van der Waals surface area contributed by atoms with E-state index in [1.165, 1.54) is 12.5 Å². The van der Waals surface area contributed by atoms with Crippen LogP contribution in [0.15, 0.2) is 11.6 Å². The molecule has 0 bridgehead atoms. The van der Waals surface area contributed by atoms with Crippen molar-refractivity contribution in [3.63, 3.8) is 0 Å². The zero-order chi connectivity index (χ0) is 22.6. The summed E-state index contributed by atoms with van der Waals surface area (Å²) in [5.41, 5.74) is -1.02. The first-order valence-corrected chi connectivity index (χ1v) is 11.5. The summed E-state index contributed by atoms with van der Waals surface area (Å²) >= 11 is 0. The topological polar surface area (TPSA) is 110 Å². The lowest BCUT2D eigenvalue weighted by Gasteiger charge is -2.58. The van der Waals surface area contributed by atoms with Crippen LogP contribution in [-0.4, -0.2) is 46.4 Å². The molecule has 7 atom stereocenters. The summed E-state index contributed by atoms with van der Waals surface area (Å²) in [6.45, 7) is 5.43. The van der Waals surface area contributed by atoms with Gasteiger partial charge >= 0.3 is 12.1 Å². The number of aliphatic hydroxyl groups excluding tert-OH is 1. The normalized spacial score (nSPS) is 42.5. The van der Waals surface area contributed by atoms with Gasteiger partial charge in [0.25, 0.3) is 0 Å². The number of carboxylic acid groups (broad SMARTS) is 1. The molecule has 0 spiro atoms. The smallest absolute Gasteiger partial charge is 0.478 e. The molecule has 0 amide bonds. The number of carbonyl (C=O) groups excluding carboxylic acids is 2. The molecule has 0 radical (unpaired) electrons. The van der Waals surface area contributed by atoms with Crippen LogP contribution in [0.2, 0.25) is 0 Å². The molecular weight excluding hydrogens is 400 g/mol. The molecule has 0 aromatic rings. The fourth-order valence-electron chi connectivity index (χ4n) is 7.49. The summed E-state index contributed by atoms with van der Waals surface area (Å²) < 4.78 is 10.7. The molecule has 7 nitrogen and oxygen atoms in total. The maximum atomic E-state index is 12.5. The average Bonchev–Trinajstić information content (AvgIpc) is 3.01. The molecule has 3 fully saturated rings. The van der Waals surface area contributed by atoms with Gasteiger partial charge in [-0.05, 0) is 81.1 Å². The third-order valence-corrected chi connectivity index (χ3v) is 9.24. The Morgan fingerprint density at radius 1 is 1.13 bits per heavy atom. The van der Waals surface area contributed by atoms with Gasteiger partial charge in [0.05, 0.1) is 6.61 Å². The summed E-state index contributed by atoms with van der Waals surface area (Å²) in [6, 6.07) is 0. The lowest BCUT2D eigenvalue weighted by atomic mass is 9.46. The molecule has 0 aromatic carbocycles. The predicted molar refractivity (Wildman–Crippen MR) is 111 cm³/mol. The lowest BCUT2D eigenvalue weighted by Crippen LogP contribution is -2.59. The molecule has 4 aliphatic carbocycles. The lowest BCUT2D eigenvalue weighted by molar-refractivity contribution is -0.187. The van der Waals surface area contributed by atoms with Crippen molar-refractivity contribution in [2.75, 3.05) is 6.61 Å². The number of hydrogen-bond donors (Lipinski definition) is 2. The molecule has 0 aliphatic heterocycles. The van der Waals surface area contributed by atoms with Gasteiger partial charge in [0.1, 0.15) is 6.10 Å². The summed E-state index contributed by atoms with van der Waals surface area (Å²) in [5.74, 6) is 0.0223. The molecule has 4 rings (SSSR count). The maximum absolute atomic E-state index is 12.5. The number of carboxylic acids is 1. The number of rotatable bonds is 4. The van der Waals surface area contributed by atoms with E-state index < -0.39 is 29.2 Å². The molecule has 172 valence electrons. The summed E-state index contributed by atoms with van der Waals surface area (Å²) in [7, 11) is 0. The summed E-state index contributed by atoms with van der Waals surface area (Å²) in [4.78, 5) is 36.9. The largest absolute Gasteiger partial charge is 0.509 e. The molecule has 0 aromatic heterocycles. The Bertz CT molecular complexity index is 819. The van der Waals surface area contributed by atoms with Crippen molar-refractivity contribution < 1.29 is 34.1 Å². The van der Waals surface area contributed by atoms with E-state index >= 15 is 0 Å². The second kappa shape index (κ2) is 7.61. The zero-order valence-electron chi connectivity index (χ0n) is 18.7. The Morgan fingerprint density at radius 3 is 2.52 bits per heavy atom. The third-order valence-electron chi connectivity index (χ3n) is 9.24. The van der Waals surface area contributed by atoms with Gasteiger partial charge in [-0.25, -0.2) is 9.59 Å². The number of ether oxygens (including phenoxy) is 2. The highest BCUT2D eigenvalue weighted by Gasteiger charge is 2.69. The third kappa shape index (κ3) is 3.22. The van der Waals surface area contributed by atoms with E-state index in [0.29, 0.717) is 31.1 Å². The Labute approximate surface area is 183 Å². The monoisotopic (exact) mass is 434 g/mol. The van der Waals surface area contributed by atoms with E-state index in [4.69, 9.17) is 14.6 Å². The molecule has 7 heteroatoms. The second-order valence-electron chi connectivity index (χ2n) is 10.6. The van der Waals surface area contributed by atoms with Crippen molar-refractivity contribution >= 4 is 17.9 Å². The van der Waals surface area contributed by atoms with E-state index in [1.54, 1.807) is 0 Å². The predicted octanol–water partition coefficient (Wildman–Crippen LogP) is 3.88. The number of aliphatic carboxylic acids is 1. The minimum Gasteiger partial charge on any atom is -0.478 e. The highest BCUT2D eigenvalue weighted by Crippen LogP contribution is 2.68. The van der Waals surface area contributed by atoms with Gasteiger partial charge in [0.2, 0.25) is 5.60 Å². The van der Waals surface area contributed by atoms with Crippen molar-refractivity contribution in [1.82, 2.24) is 0 Å². The van der Waals surface area contributed by atoms with Crippen LogP contribution in [0.3, 0.4) is 0 Å². The van der Waals surface area contributed by atoms with Gasteiger partial charge in [-0.15, -0.1) is 0 Å². The van der Waals surface area contributed by atoms with Crippen molar-refractivity contribution in [3.8, 4) is 0 Å². The highest BCUT2D eigenvalue weighted by atomic mass is 16.7. The van der Waals surface area contributed by atoms with Crippen molar-refractivity contribution in [2.24, 2.45) is 28.6 Å². The number of allylic oxidation sites excluding steroid dienone is 1. The SMILES string of the molecule is CC(CO)OC(=O)O[C@]1(C(=O)O)CC[C@H]2[C@@H]3CCC4=CC(=O)CC[C@]4(C)[C@H]3CC[C@@]21C. The molecule has 4 aliphatic rings. The van der Waals surface area contributed by atoms with Crippen molar-refractivity contribution in [2.45, 2.75) is 83.8 Å². The average molecular weight is 435 g/mol. The van der Waals surface area contributed by atoms with E-state index in [2.05, 4.69) is 6.92 Å². The van der Waals surface area contributed by atoms with Gasteiger partial charge in [-0.2, -0.15) is 0 Å². The quantitative estimate of drug-likeness (QED) is 0.646. The van der Waals surface area contributed by atoms with Gasteiger partial charge < -0.3 is 19.7 Å². The van der Waals surface area contributed by atoms with Crippen LogP contribution < -0.4 is 0 Å². The number of hydrogen-bond acceptors (Lipinski definition) is 6. The van der Waals surface area contributed by atoms with Gasteiger partial charge in [-0.3, -0.25) is 4.79 Å². The van der Waals surface area contributed by atoms with E-state index in [9.17, 15) is 19.5 Å². The number of aliphatic hydroxyl groups is 1. The maximum Gasteiger partial charge on any atom is 0.509 e. The van der Waals surface area contributed by atoms with Crippen LogP contribution in [0.1, 0.15) is 72.1 Å². The minimum atomic E-state index is -1.62. The Morgan fingerprint density at radius 2 is 1.84 bits per heavy atom. The van der Waals surface area contributed by atoms with Gasteiger partial charge in [0.15, 0.2) is 5.78 Å². The van der Waals surface area contributed by atoms with E-state index in [0.717, 1.165) is 25.7 Å². The van der Waals surface area contributed by atoms with Crippen LogP contribution in [-0.2, 0) is 19.1 Å². The fourth-order valence-corrected chi connectivity index (χ4v) is 7.49. The first kappa shape index (κ1) is 22.3. The van der Waals surface area contributed by atoms with Crippen LogP contribution in [0.25, 0.3) is 0 Å². The van der Waals surface area contributed by atoms with Crippen molar-refractivity contribution in [1.29, 1.82) is 0 Å². The summed E-state index contributed by atoms with van der Waals surface area (Å²) in [6.07, 6.45) is 5.85.